The monoisotopic (exact) mass is 426 g/mol. The summed E-state index contributed by atoms with van der Waals surface area (Å²) in [5, 5.41) is 9.27. The second-order valence-electron chi connectivity index (χ2n) is 8.02. The molecule has 1 aromatic heterocycles. The van der Waals surface area contributed by atoms with Crippen molar-refractivity contribution in [3.63, 3.8) is 0 Å². The molecular weight excluding hydrogens is 396 g/mol. The highest BCUT2D eigenvalue weighted by Gasteiger charge is 2.20. The van der Waals surface area contributed by atoms with Gasteiger partial charge >= 0.3 is 5.97 Å². The number of hydrogen-bond acceptors (Lipinski definition) is 5. The molecule has 2 N–H and O–H groups in total. The third-order valence-corrected chi connectivity index (χ3v) is 5.58. The topological polar surface area (TPSA) is 102 Å². The first kappa shape index (κ1) is 22.7. The molecule has 3 rings (SSSR count). The largest absolute Gasteiger partial charge is 0.476 e. The van der Waals surface area contributed by atoms with E-state index in [1.807, 2.05) is 36.4 Å². The second kappa shape index (κ2) is 11.5. The molecule has 1 aromatic carbocycles. The van der Waals surface area contributed by atoms with Crippen LogP contribution in [0.2, 0.25) is 0 Å². The lowest BCUT2D eigenvalue weighted by atomic mass is 9.86. The highest BCUT2D eigenvalue weighted by atomic mass is 16.6. The minimum atomic E-state index is -1.15. The van der Waals surface area contributed by atoms with Gasteiger partial charge in [0.05, 0.1) is 13.0 Å². The van der Waals surface area contributed by atoms with Crippen LogP contribution in [0, 0.1) is 12.8 Å². The van der Waals surface area contributed by atoms with Crippen molar-refractivity contribution in [3.05, 3.63) is 59.3 Å². The number of aromatic carboxylic acids is 1. The van der Waals surface area contributed by atoms with Crippen molar-refractivity contribution < 1.29 is 24.0 Å². The molecule has 0 atom stereocenters. The van der Waals surface area contributed by atoms with Gasteiger partial charge in [0.1, 0.15) is 5.76 Å². The fraction of sp³-hybridized carbons (Fsp3) is 0.458. The number of aryl methyl sites for hydroxylation is 1. The van der Waals surface area contributed by atoms with E-state index >= 15 is 0 Å². The fourth-order valence-corrected chi connectivity index (χ4v) is 3.92. The Labute approximate surface area is 182 Å². The highest BCUT2D eigenvalue weighted by Crippen LogP contribution is 2.29. The van der Waals surface area contributed by atoms with E-state index in [1.165, 1.54) is 32.1 Å². The number of carboxylic acids is 1. The van der Waals surface area contributed by atoms with Crippen molar-refractivity contribution in [2.75, 3.05) is 0 Å². The molecule has 7 nitrogen and oxygen atoms in total. The maximum atomic E-state index is 12.4. The number of nitrogens with one attached hydrogen (secondary N) is 1. The number of allylic oxidation sites excluding steroid dienone is 1. The Kier molecular flexibility index (Phi) is 8.41. The van der Waals surface area contributed by atoms with Gasteiger partial charge in [0.25, 0.3) is 0 Å². The molecule has 0 bridgehead atoms. The van der Waals surface area contributed by atoms with Gasteiger partial charge in [0.2, 0.25) is 11.8 Å². The molecule has 1 aliphatic rings. The highest BCUT2D eigenvalue weighted by molar-refractivity contribution is 5.89. The first-order chi connectivity index (χ1) is 15.0. The SMILES string of the molecule is Cc1oc(/C(=C\CCC2CCCCC2)CC(=O)NOCc2ccccc2)nc1C(=O)O. The van der Waals surface area contributed by atoms with Crippen LogP contribution in [0.25, 0.3) is 5.57 Å². The Balaban J connectivity index is 1.62. The summed E-state index contributed by atoms with van der Waals surface area (Å²) >= 11 is 0. The number of benzene rings is 1. The summed E-state index contributed by atoms with van der Waals surface area (Å²) in [6.07, 6.45) is 10.2. The van der Waals surface area contributed by atoms with Gasteiger partial charge in [-0.3, -0.25) is 9.63 Å². The Morgan fingerprint density at radius 1 is 1.23 bits per heavy atom. The van der Waals surface area contributed by atoms with E-state index in [0.717, 1.165) is 18.4 Å². The van der Waals surface area contributed by atoms with E-state index in [1.54, 1.807) is 6.92 Å². The number of carbonyl (C=O) groups excluding carboxylic acids is 1. The fourth-order valence-electron chi connectivity index (χ4n) is 3.92. The molecule has 166 valence electrons. The van der Waals surface area contributed by atoms with Crippen LogP contribution in [0.15, 0.2) is 40.8 Å². The van der Waals surface area contributed by atoms with Crippen molar-refractivity contribution in [1.82, 2.24) is 10.5 Å². The van der Waals surface area contributed by atoms with Crippen molar-refractivity contribution in [3.8, 4) is 0 Å². The minimum absolute atomic E-state index is 0.00152. The minimum Gasteiger partial charge on any atom is -0.476 e. The van der Waals surface area contributed by atoms with Gasteiger partial charge in [-0.05, 0) is 31.2 Å². The van der Waals surface area contributed by atoms with Gasteiger partial charge in [-0.25, -0.2) is 15.3 Å². The zero-order valence-corrected chi connectivity index (χ0v) is 17.9. The van der Waals surface area contributed by atoms with E-state index in [4.69, 9.17) is 9.25 Å². The van der Waals surface area contributed by atoms with Gasteiger partial charge in [-0.2, -0.15) is 0 Å². The molecule has 2 aromatic rings. The Hall–Kier alpha value is -2.93. The molecule has 0 unspecified atom stereocenters. The number of hydroxylamine groups is 1. The van der Waals surface area contributed by atoms with Crippen LogP contribution in [0.3, 0.4) is 0 Å². The number of rotatable bonds is 10. The predicted molar refractivity (Wildman–Crippen MR) is 116 cm³/mol. The first-order valence-corrected chi connectivity index (χ1v) is 10.9. The molecule has 1 fully saturated rings. The molecule has 1 amide bonds. The zero-order valence-electron chi connectivity index (χ0n) is 17.9. The second-order valence-corrected chi connectivity index (χ2v) is 8.02. The lowest BCUT2D eigenvalue weighted by Gasteiger charge is -2.20. The van der Waals surface area contributed by atoms with E-state index in [0.29, 0.717) is 11.5 Å². The number of nitrogens with zero attached hydrogens (tertiary/aromatic N) is 1. The number of aromatic nitrogens is 1. The van der Waals surface area contributed by atoms with Gasteiger partial charge in [0, 0.05) is 5.57 Å². The van der Waals surface area contributed by atoms with E-state index in [-0.39, 0.29) is 36.3 Å². The molecular formula is C24H30N2O5. The van der Waals surface area contributed by atoms with Crippen molar-refractivity contribution in [2.45, 2.75) is 64.9 Å². The number of carboxylic acid groups (broad SMARTS) is 1. The molecule has 1 heterocycles. The average molecular weight is 427 g/mol. The van der Waals surface area contributed by atoms with Crippen LogP contribution >= 0.6 is 0 Å². The molecule has 0 saturated heterocycles. The third-order valence-electron chi connectivity index (χ3n) is 5.58. The molecule has 0 radical (unpaired) electrons. The van der Waals surface area contributed by atoms with Crippen molar-refractivity contribution in [2.24, 2.45) is 5.92 Å². The van der Waals surface area contributed by atoms with E-state index < -0.39 is 5.97 Å². The molecule has 1 saturated carbocycles. The maximum Gasteiger partial charge on any atom is 0.358 e. The number of oxazole rings is 1. The lowest BCUT2D eigenvalue weighted by Crippen LogP contribution is -2.23. The molecule has 31 heavy (non-hydrogen) atoms. The number of carbonyl (C=O) groups is 2. The molecule has 0 spiro atoms. The van der Waals surface area contributed by atoms with Gasteiger partial charge in [-0.1, -0.05) is 68.5 Å². The van der Waals surface area contributed by atoms with Crippen LogP contribution in [0.1, 0.15) is 79.1 Å². The van der Waals surface area contributed by atoms with Gasteiger partial charge < -0.3 is 9.52 Å². The van der Waals surface area contributed by atoms with Crippen LogP contribution in [0.5, 0.6) is 0 Å². The first-order valence-electron chi connectivity index (χ1n) is 10.9. The summed E-state index contributed by atoms with van der Waals surface area (Å²) in [6, 6.07) is 9.53. The summed E-state index contributed by atoms with van der Waals surface area (Å²) in [6.45, 7) is 1.82. The van der Waals surface area contributed by atoms with E-state index in [9.17, 15) is 14.7 Å². The molecule has 7 heteroatoms. The average Bonchev–Trinajstić information content (AvgIpc) is 3.16. The van der Waals surface area contributed by atoms with Crippen LogP contribution in [-0.2, 0) is 16.2 Å². The summed E-state index contributed by atoms with van der Waals surface area (Å²) in [5.41, 5.74) is 3.84. The molecule has 0 aliphatic heterocycles. The van der Waals surface area contributed by atoms with E-state index in [2.05, 4.69) is 10.5 Å². The molecule has 1 aliphatic carbocycles. The van der Waals surface area contributed by atoms with Crippen molar-refractivity contribution in [1.29, 1.82) is 0 Å². The van der Waals surface area contributed by atoms with Crippen LogP contribution in [-0.4, -0.2) is 22.0 Å². The Morgan fingerprint density at radius 2 is 1.97 bits per heavy atom. The maximum absolute atomic E-state index is 12.4. The normalized spacial score (nSPS) is 15.1. The quantitative estimate of drug-likeness (QED) is 0.515. The Bertz CT molecular complexity index is 898. The van der Waals surface area contributed by atoms with Crippen LogP contribution in [0.4, 0.5) is 0 Å². The summed E-state index contributed by atoms with van der Waals surface area (Å²) in [4.78, 5) is 33.2. The van der Waals surface area contributed by atoms with Crippen LogP contribution < -0.4 is 5.48 Å². The smallest absolute Gasteiger partial charge is 0.358 e. The summed E-state index contributed by atoms with van der Waals surface area (Å²) in [5.74, 6) is -0.384. The summed E-state index contributed by atoms with van der Waals surface area (Å²) in [7, 11) is 0. The Morgan fingerprint density at radius 3 is 2.65 bits per heavy atom. The third kappa shape index (κ3) is 7.07. The van der Waals surface area contributed by atoms with Gasteiger partial charge in [0.15, 0.2) is 5.69 Å². The van der Waals surface area contributed by atoms with Gasteiger partial charge in [-0.15, -0.1) is 0 Å². The summed E-state index contributed by atoms with van der Waals surface area (Å²) < 4.78 is 5.57. The number of hydrogen-bond donors (Lipinski definition) is 2. The standard InChI is InChI=1S/C24H30N2O5/c1-17-22(24(28)29)25-23(31-17)20(14-8-13-18-9-4-2-5-10-18)15-21(27)26-30-16-19-11-6-3-7-12-19/h3,6-7,11-12,14,18H,2,4-5,8-10,13,15-16H2,1H3,(H,26,27)(H,28,29)/b20-14-. The zero-order chi connectivity index (χ0) is 22.1. The predicted octanol–water partition coefficient (Wildman–Crippen LogP) is 5.06. The lowest BCUT2D eigenvalue weighted by molar-refractivity contribution is -0.133. The number of amides is 1. The van der Waals surface area contributed by atoms with Crippen molar-refractivity contribution >= 4 is 17.4 Å².